The number of allylic oxidation sites excluding steroid dienone is 13. The third-order valence-electron chi connectivity index (χ3n) is 10.2. The van der Waals surface area contributed by atoms with Gasteiger partial charge in [-0.3, -0.25) is 14.4 Å². The van der Waals surface area contributed by atoms with Crippen LogP contribution in [0.25, 0.3) is 0 Å². The molecule has 0 rings (SSSR count). The highest BCUT2D eigenvalue weighted by atomic mass is 16.6. The molecule has 0 saturated heterocycles. The molecule has 0 N–H and O–H groups in total. The molecule has 0 aliphatic carbocycles. The van der Waals surface area contributed by atoms with Crippen LogP contribution in [0.2, 0.25) is 0 Å². The Morgan fingerprint density at radius 3 is 1.12 bits per heavy atom. The van der Waals surface area contributed by atoms with Crippen molar-refractivity contribution < 1.29 is 28.6 Å². The van der Waals surface area contributed by atoms with E-state index in [9.17, 15) is 14.4 Å². The van der Waals surface area contributed by atoms with Gasteiger partial charge in [-0.05, 0) is 77.0 Å². The van der Waals surface area contributed by atoms with Crippen LogP contribution in [0.4, 0.5) is 0 Å². The summed E-state index contributed by atoms with van der Waals surface area (Å²) in [6.07, 6.45) is 61.6. The minimum Gasteiger partial charge on any atom is -0.462 e. The minimum atomic E-state index is -0.831. The number of unbranched alkanes of at least 4 members (excludes halogenated alkanes) is 19. The van der Waals surface area contributed by atoms with E-state index < -0.39 is 12.1 Å². The van der Waals surface area contributed by atoms with Crippen molar-refractivity contribution in [2.45, 2.75) is 226 Å². The second-order valence-electron chi connectivity index (χ2n) is 16.0. The maximum atomic E-state index is 12.7. The summed E-state index contributed by atoms with van der Waals surface area (Å²) in [4.78, 5) is 37.8. The number of carbonyl (C=O) groups is 3. The average Bonchev–Trinajstić information content (AvgIpc) is 3.24. The molecule has 342 valence electrons. The third kappa shape index (κ3) is 45.7. The zero-order valence-corrected chi connectivity index (χ0v) is 38.9. The van der Waals surface area contributed by atoms with Crippen LogP contribution >= 0.6 is 0 Å². The second-order valence-corrected chi connectivity index (χ2v) is 16.0. The van der Waals surface area contributed by atoms with Crippen LogP contribution in [0.5, 0.6) is 0 Å². The van der Waals surface area contributed by atoms with Gasteiger partial charge in [0.15, 0.2) is 6.10 Å². The quantitative estimate of drug-likeness (QED) is 0.0263. The van der Waals surface area contributed by atoms with Gasteiger partial charge in [-0.25, -0.2) is 0 Å². The predicted molar refractivity (Wildman–Crippen MR) is 256 cm³/mol. The molecule has 0 amide bonds. The zero-order chi connectivity index (χ0) is 43.7. The molecular formula is C54H90O6. The summed E-state index contributed by atoms with van der Waals surface area (Å²) in [5, 5.41) is 0. The fourth-order valence-corrected chi connectivity index (χ4v) is 6.49. The van der Waals surface area contributed by atoms with Crippen LogP contribution in [-0.2, 0) is 28.6 Å². The lowest BCUT2D eigenvalue weighted by Gasteiger charge is -2.18. The number of carbonyl (C=O) groups excluding carboxylic acids is 3. The van der Waals surface area contributed by atoms with Crippen LogP contribution in [0, 0.1) is 0 Å². The Bertz CT molecular complexity index is 1190. The Morgan fingerprint density at radius 1 is 0.367 bits per heavy atom. The molecule has 0 spiro atoms. The Hall–Kier alpha value is -3.41. The maximum absolute atomic E-state index is 12.7. The summed E-state index contributed by atoms with van der Waals surface area (Å²) in [7, 11) is 0. The molecule has 0 bridgehead atoms. The molecule has 6 nitrogen and oxygen atoms in total. The van der Waals surface area contributed by atoms with Crippen molar-refractivity contribution in [1.29, 1.82) is 0 Å². The van der Waals surface area contributed by atoms with Gasteiger partial charge >= 0.3 is 17.9 Å². The van der Waals surface area contributed by atoms with E-state index in [1.54, 1.807) is 6.08 Å². The van der Waals surface area contributed by atoms with E-state index in [0.29, 0.717) is 12.8 Å². The summed E-state index contributed by atoms with van der Waals surface area (Å²) in [6, 6.07) is 0. The van der Waals surface area contributed by atoms with Crippen LogP contribution in [0.3, 0.4) is 0 Å². The largest absolute Gasteiger partial charge is 0.462 e. The predicted octanol–water partition coefficient (Wildman–Crippen LogP) is 16.0. The topological polar surface area (TPSA) is 78.9 Å². The normalized spacial score (nSPS) is 12.8. The van der Waals surface area contributed by atoms with E-state index in [1.165, 1.54) is 96.3 Å². The van der Waals surface area contributed by atoms with Crippen molar-refractivity contribution in [2.75, 3.05) is 13.2 Å². The van der Waals surface area contributed by atoms with Gasteiger partial charge in [-0.15, -0.1) is 0 Å². The summed E-state index contributed by atoms with van der Waals surface area (Å²) in [6.45, 7) is 6.38. The minimum absolute atomic E-state index is 0.0952. The van der Waals surface area contributed by atoms with Crippen molar-refractivity contribution in [1.82, 2.24) is 0 Å². The lowest BCUT2D eigenvalue weighted by Crippen LogP contribution is -2.30. The first-order chi connectivity index (χ1) is 29.5. The molecule has 0 aromatic carbocycles. The van der Waals surface area contributed by atoms with E-state index in [-0.39, 0.29) is 31.6 Å². The number of hydrogen-bond donors (Lipinski definition) is 0. The van der Waals surface area contributed by atoms with Gasteiger partial charge in [0.2, 0.25) is 0 Å². The van der Waals surface area contributed by atoms with E-state index >= 15 is 0 Å². The van der Waals surface area contributed by atoms with Crippen LogP contribution in [0.1, 0.15) is 220 Å². The van der Waals surface area contributed by atoms with E-state index in [4.69, 9.17) is 14.2 Å². The second kappa shape index (κ2) is 48.3. The van der Waals surface area contributed by atoms with E-state index in [0.717, 1.165) is 83.5 Å². The first kappa shape index (κ1) is 56.6. The molecule has 1 atom stereocenters. The number of rotatable bonds is 43. The lowest BCUT2D eigenvalue weighted by atomic mass is 10.1. The smallest absolute Gasteiger partial charge is 0.310 e. The molecular weight excluding hydrogens is 745 g/mol. The summed E-state index contributed by atoms with van der Waals surface area (Å²) in [5.41, 5.74) is 0. The van der Waals surface area contributed by atoms with Crippen molar-refractivity contribution >= 4 is 17.9 Å². The SMILES string of the molecule is CC/C=C\C/C=C\C/C=C\C/C=C\C/C=C\CC(=O)OC(COC(=O)CCCCCCCCC/C=C\C/C=C\CCCCCC)COC(=O)CCCCCCCCCCC. The monoisotopic (exact) mass is 835 g/mol. The number of esters is 3. The number of hydrogen-bond acceptors (Lipinski definition) is 6. The van der Waals surface area contributed by atoms with Gasteiger partial charge in [0, 0.05) is 12.8 Å². The lowest BCUT2D eigenvalue weighted by molar-refractivity contribution is -0.166. The molecule has 0 aromatic heterocycles. The Labute approximate surface area is 369 Å². The van der Waals surface area contributed by atoms with Crippen molar-refractivity contribution in [3.63, 3.8) is 0 Å². The standard InChI is InChI=1S/C54H90O6/c1-4-7-10-13-16-19-21-23-25-26-27-29-30-32-35-38-41-44-47-53(56)59-50-51(49-58-52(55)46-43-40-37-34-18-15-12-9-6-3)60-54(57)48-45-42-39-36-33-31-28-24-22-20-17-14-11-8-5-2/h8,11,17,19-21,24-26,28,33,36,42,45,51H,4-7,9-10,12-16,18,22-23,27,29-32,34-35,37-41,43-44,46-50H2,1-3H3/b11-8-,20-17-,21-19-,26-25-,28-24-,36-33-,45-42-. The van der Waals surface area contributed by atoms with Crippen LogP contribution in [0.15, 0.2) is 85.1 Å². The summed E-state index contributed by atoms with van der Waals surface area (Å²) in [5.74, 6) is -1.06. The zero-order valence-electron chi connectivity index (χ0n) is 38.9. The maximum Gasteiger partial charge on any atom is 0.310 e. The summed E-state index contributed by atoms with van der Waals surface area (Å²) >= 11 is 0. The van der Waals surface area contributed by atoms with Crippen LogP contribution in [-0.4, -0.2) is 37.2 Å². The molecule has 1 unspecified atom stereocenters. The van der Waals surface area contributed by atoms with E-state index in [1.807, 2.05) is 6.08 Å². The molecule has 0 fully saturated rings. The van der Waals surface area contributed by atoms with Crippen molar-refractivity contribution in [3.05, 3.63) is 85.1 Å². The molecule has 0 aliphatic heterocycles. The first-order valence-electron chi connectivity index (χ1n) is 24.6. The highest BCUT2D eigenvalue weighted by Gasteiger charge is 2.19. The first-order valence-corrected chi connectivity index (χ1v) is 24.6. The molecule has 0 radical (unpaired) electrons. The molecule has 0 aliphatic rings. The van der Waals surface area contributed by atoms with Gasteiger partial charge in [0.1, 0.15) is 13.2 Å². The molecule has 0 saturated carbocycles. The average molecular weight is 835 g/mol. The van der Waals surface area contributed by atoms with Crippen molar-refractivity contribution in [2.24, 2.45) is 0 Å². The molecule has 0 heterocycles. The van der Waals surface area contributed by atoms with Gasteiger partial charge in [-0.2, -0.15) is 0 Å². The van der Waals surface area contributed by atoms with Gasteiger partial charge in [0.25, 0.3) is 0 Å². The number of ether oxygens (including phenoxy) is 3. The van der Waals surface area contributed by atoms with Gasteiger partial charge < -0.3 is 14.2 Å². The highest BCUT2D eigenvalue weighted by molar-refractivity contribution is 5.72. The van der Waals surface area contributed by atoms with Gasteiger partial charge in [-0.1, -0.05) is 209 Å². The van der Waals surface area contributed by atoms with Crippen LogP contribution < -0.4 is 0 Å². The Morgan fingerprint density at radius 2 is 0.700 bits per heavy atom. The molecule has 6 heteroatoms. The highest BCUT2D eigenvalue weighted by Crippen LogP contribution is 2.13. The summed E-state index contributed by atoms with van der Waals surface area (Å²) < 4.78 is 16.6. The third-order valence-corrected chi connectivity index (χ3v) is 10.2. The van der Waals surface area contributed by atoms with E-state index in [2.05, 4.69) is 93.7 Å². The molecule has 60 heavy (non-hydrogen) atoms. The Balaban J connectivity index is 4.46. The van der Waals surface area contributed by atoms with Crippen molar-refractivity contribution in [3.8, 4) is 0 Å². The fraction of sp³-hybridized carbons (Fsp3) is 0.685. The van der Waals surface area contributed by atoms with Gasteiger partial charge in [0.05, 0.1) is 6.42 Å². The molecule has 0 aromatic rings. The fourth-order valence-electron chi connectivity index (χ4n) is 6.49. The Kier molecular flexibility index (Phi) is 45.5.